The second kappa shape index (κ2) is 5.29. The van der Waals surface area contributed by atoms with E-state index in [9.17, 15) is 9.59 Å². The van der Waals surface area contributed by atoms with E-state index in [-0.39, 0.29) is 17.7 Å². The van der Waals surface area contributed by atoms with Crippen LogP contribution in [0.1, 0.15) is 40.0 Å². The summed E-state index contributed by atoms with van der Waals surface area (Å²) in [6.07, 6.45) is 2.05. The zero-order chi connectivity index (χ0) is 11.4. The van der Waals surface area contributed by atoms with Crippen LogP contribution < -0.4 is 5.32 Å². The van der Waals surface area contributed by atoms with Gasteiger partial charge in [-0.2, -0.15) is 0 Å². The smallest absolute Gasteiger partial charge is 0.220 e. The summed E-state index contributed by atoms with van der Waals surface area (Å²) in [6.45, 7) is 6.81. The minimum atomic E-state index is 0.0785. The number of amides is 1. The Morgan fingerprint density at radius 2 is 2.20 bits per heavy atom. The van der Waals surface area contributed by atoms with Crippen molar-refractivity contribution in [2.45, 2.75) is 40.0 Å². The lowest BCUT2D eigenvalue weighted by Gasteiger charge is -2.14. The van der Waals surface area contributed by atoms with E-state index in [2.05, 4.69) is 19.2 Å². The van der Waals surface area contributed by atoms with Gasteiger partial charge in [0.25, 0.3) is 0 Å². The van der Waals surface area contributed by atoms with E-state index in [0.717, 1.165) is 13.0 Å². The third-order valence-electron chi connectivity index (χ3n) is 3.13. The van der Waals surface area contributed by atoms with Crippen molar-refractivity contribution in [1.29, 1.82) is 0 Å². The van der Waals surface area contributed by atoms with Crippen LogP contribution in [0.25, 0.3) is 0 Å². The Bertz CT molecular complexity index is 248. The first-order valence-corrected chi connectivity index (χ1v) is 5.80. The number of carbonyl (C=O) groups excluding carboxylic acids is 2. The van der Waals surface area contributed by atoms with E-state index >= 15 is 0 Å². The zero-order valence-corrected chi connectivity index (χ0v) is 9.88. The van der Waals surface area contributed by atoms with Gasteiger partial charge >= 0.3 is 0 Å². The van der Waals surface area contributed by atoms with Crippen molar-refractivity contribution in [3.8, 4) is 0 Å². The standard InChI is InChI=1S/C12H21NO2/c1-8(2)7-13-12(15)6-10-4-5-11(14)9(10)3/h8-10H,4-7H2,1-3H3,(H,13,15). The molecule has 3 heteroatoms. The molecule has 0 radical (unpaired) electrons. The predicted octanol–water partition coefficient (Wildman–Crippen LogP) is 1.76. The normalized spacial score (nSPS) is 26.0. The molecule has 0 spiro atoms. The highest BCUT2D eigenvalue weighted by atomic mass is 16.1. The molecule has 0 heterocycles. The van der Waals surface area contributed by atoms with Gasteiger partial charge in [-0.05, 0) is 18.3 Å². The van der Waals surface area contributed by atoms with Crippen LogP contribution in [0.15, 0.2) is 0 Å². The first-order chi connectivity index (χ1) is 7.00. The van der Waals surface area contributed by atoms with Crippen LogP contribution >= 0.6 is 0 Å². The largest absolute Gasteiger partial charge is 0.356 e. The minimum Gasteiger partial charge on any atom is -0.356 e. The third-order valence-corrected chi connectivity index (χ3v) is 3.13. The number of Topliss-reactive ketones (excluding diaryl/α,β-unsaturated/α-hetero) is 1. The Labute approximate surface area is 91.6 Å². The van der Waals surface area contributed by atoms with Crippen LogP contribution in [0.2, 0.25) is 0 Å². The first-order valence-electron chi connectivity index (χ1n) is 5.80. The first kappa shape index (κ1) is 12.2. The molecule has 0 bridgehead atoms. The second-order valence-electron chi connectivity index (χ2n) is 4.96. The van der Waals surface area contributed by atoms with Crippen molar-refractivity contribution >= 4 is 11.7 Å². The molecule has 1 aliphatic rings. The molecular formula is C12H21NO2. The number of rotatable bonds is 4. The van der Waals surface area contributed by atoms with Crippen LogP contribution in [0.5, 0.6) is 0 Å². The Balaban J connectivity index is 2.29. The molecule has 1 fully saturated rings. The molecule has 0 saturated heterocycles. The lowest BCUT2D eigenvalue weighted by Crippen LogP contribution is -2.29. The van der Waals surface area contributed by atoms with Gasteiger partial charge in [-0.3, -0.25) is 9.59 Å². The summed E-state index contributed by atoms with van der Waals surface area (Å²) in [5.41, 5.74) is 0. The molecule has 1 amide bonds. The molecule has 1 saturated carbocycles. The van der Waals surface area contributed by atoms with Gasteiger partial charge in [-0.15, -0.1) is 0 Å². The molecule has 1 N–H and O–H groups in total. The highest BCUT2D eigenvalue weighted by Crippen LogP contribution is 2.30. The molecular weight excluding hydrogens is 190 g/mol. The molecule has 86 valence electrons. The lowest BCUT2D eigenvalue weighted by molar-refractivity contribution is -0.123. The van der Waals surface area contributed by atoms with Crippen molar-refractivity contribution in [2.75, 3.05) is 6.54 Å². The van der Waals surface area contributed by atoms with E-state index in [0.29, 0.717) is 24.5 Å². The fraction of sp³-hybridized carbons (Fsp3) is 0.833. The summed E-state index contributed by atoms with van der Waals surface area (Å²) >= 11 is 0. The van der Waals surface area contributed by atoms with Gasteiger partial charge in [0.15, 0.2) is 0 Å². The fourth-order valence-corrected chi connectivity index (χ4v) is 1.98. The predicted molar refractivity (Wildman–Crippen MR) is 59.4 cm³/mol. The minimum absolute atomic E-state index is 0.0785. The molecule has 1 aliphatic carbocycles. The van der Waals surface area contributed by atoms with Gasteiger partial charge in [0.2, 0.25) is 5.91 Å². The summed E-state index contributed by atoms with van der Waals surface area (Å²) < 4.78 is 0. The van der Waals surface area contributed by atoms with E-state index in [4.69, 9.17) is 0 Å². The maximum Gasteiger partial charge on any atom is 0.220 e. The average molecular weight is 211 g/mol. The van der Waals surface area contributed by atoms with Crippen LogP contribution in [0.3, 0.4) is 0 Å². The van der Waals surface area contributed by atoms with Gasteiger partial charge in [0.05, 0.1) is 0 Å². The highest BCUT2D eigenvalue weighted by Gasteiger charge is 2.31. The number of carbonyl (C=O) groups is 2. The van der Waals surface area contributed by atoms with Crippen LogP contribution in [0, 0.1) is 17.8 Å². The summed E-state index contributed by atoms with van der Waals surface area (Å²) in [7, 11) is 0. The molecule has 15 heavy (non-hydrogen) atoms. The maximum atomic E-state index is 11.5. The van der Waals surface area contributed by atoms with Gasteiger partial charge in [-0.1, -0.05) is 20.8 Å². The van der Waals surface area contributed by atoms with E-state index in [1.807, 2.05) is 6.92 Å². The van der Waals surface area contributed by atoms with E-state index in [1.54, 1.807) is 0 Å². The highest BCUT2D eigenvalue weighted by molar-refractivity contribution is 5.84. The van der Waals surface area contributed by atoms with Crippen molar-refractivity contribution < 1.29 is 9.59 Å². The molecule has 0 aliphatic heterocycles. The van der Waals surface area contributed by atoms with Crippen molar-refractivity contribution in [2.24, 2.45) is 17.8 Å². The molecule has 0 aromatic rings. The van der Waals surface area contributed by atoms with Gasteiger partial charge in [0, 0.05) is 25.3 Å². The Kier molecular flexibility index (Phi) is 4.30. The maximum absolute atomic E-state index is 11.5. The molecule has 3 nitrogen and oxygen atoms in total. The van der Waals surface area contributed by atoms with Gasteiger partial charge < -0.3 is 5.32 Å². The quantitative estimate of drug-likeness (QED) is 0.770. The monoisotopic (exact) mass is 211 g/mol. The Hall–Kier alpha value is -0.860. The number of hydrogen-bond donors (Lipinski definition) is 1. The third kappa shape index (κ3) is 3.65. The van der Waals surface area contributed by atoms with Crippen LogP contribution in [0.4, 0.5) is 0 Å². The summed E-state index contributed by atoms with van der Waals surface area (Å²) in [6, 6.07) is 0. The SMILES string of the molecule is CC(C)CNC(=O)CC1CCC(=O)C1C. The second-order valence-corrected chi connectivity index (χ2v) is 4.96. The van der Waals surface area contributed by atoms with Crippen molar-refractivity contribution in [3.63, 3.8) is 0 Å². The number of hydrogen-bond acceptors (Lipinski definition) is 2. The number of nitrogens with one attached hydrogen (secondary N) is 1. The molecule has 0 aromatic carbocycles. The summed E-state index contributed by atoms with van der Waals surface area (Å²) in [5, 5.41) is 2.89. The van der Waals surface area contributed by atoms with Gasteiger partial charge in [-0.25, -0.2) is 0 Å². The topological polar surface area (TPSA) is 46.2 Å². The Morgan fingerprint density at radius 1 is 1.53 bits per heavy atom. The Morgan fingerprint density at radius 3 is 2.67 bits per heavy atom. The molecule has 0 aromatic heterocycles. The molecule has 2 unspecified atom stereocenters. The molecule has 1 rings (SSSR count). The van der Waals surface area contributed by atoms with E-state index in [1.165, 1.54) is 0 Å². The van der Waals surface area contributed by atoms with E-state index < -0.39 is 0 Å². The number of ketones is 1. The fourth-order valence-electron chi connectivity index (χ4n) is 1.98. The van der Waals surface area contributed by atoms with Crippen LogP contribution in [-0.2, 0) is 9.59 Å². The summed E-state index contributed by atoms with van der Waals surface area (Å²) in [4.78, 5) is 22.8. The zero-order valence-electron chi connectivity index (χ0n) is 9.88. The summed E-state index contributed by atoms with van der Waals surface area (Å²) in [5.74, 6) is 1.24. The molecule has 2 atom stereocenters. The van der Waals surface area contributed by atoms with Crippen molar-refractivity contribution in [1.82, 2.24) is 5.32 Å². The van der Waals surface area contributed by atoms with Crippen LogP contribution in [-0.4, -0.2) is 18.2 Å². The van der Waals surface area contributed by atoms with Crippen molar-refractivity contribution in [3.05, 3.63) is 0 Å². The lowest BCUT2D eigenvalue weighted by atomic mass is 9.94. The average Bonchev–Trinajstić information content (AvgIpc) is 2.47. The van der Waals surface area contributed by atoms with Gasteiger partial charge in [0.1, 0.15) is 5.78 Å².